The number of allylic oxidation sites excluding steroid dienone is 1. The number of ether oxygens (including phenoxy) is 1. The molecule has 1 N–H and O–H groups in total. The summed E-state index contributed by atoms with van der Waals surface area (Å²) in [5.41, 5.74) is 0. The highest BCUT2D eigenvalue weighted by molar-refractivity contribution is 7.10. The Morgan fingerprint density at radius 1 is 1.60 bits per heavy atom. The molecular weight excluding hydrogens is 206 g/mol. The van der Waals surface area contributed by atoms with Gasteiger partial charge in [0.05, 0.1) is 13.2 Å². The average molecular weight is 225 g/mol. The van der Waals surface area contributed by atoms with Crippen molar-refractivity contribution in [1.29, 1.82) is 0 Å². The first-order valence-corrected chi connectivity index (χ1v) is 6.18. The van der Waals surface area contributed by atoms with Gasteiger partial charge in [0.1, 0.15) is 0 Å². The van der Waals surface area contributed by atoms with Gasteiger partial charge in [0, 0.05) is 17.5 Å². The van der Waals surface area contributed by atoms with Crippen LogP contribution >= 0.6 is 11.3 Å². The van der Waals surface area contributed by atoms with Crippen LogP contribution in [0.25, 0.3) is 0 Å². The molecule has 0 fully saturated rings. The zero-order chi connectivity index (χ0) is 10.9. The summed E-state index contributed by atoms with van der Waals surface area (Å²) >= 11 is 1.79. The molecule has 84 valence electrons. The van der Waals surface area contributed by atoms with Gasteiger partial charge in [0.25, 0.3) is 0 Å². The van der Waals surface area contributed by atoms with E-state index in [-0.39, 0.29) is 0 Å². The minimum Gasteiger partial charge on any atom is -0.376 e. The number of hydrogen-bond donors (Lipinski definition) is 1. The molecule has 2 nitrogen and oxygen atoms in total. The van der Waals surface area contributed by atoms with E-state index in [0.717, 1.165) is 13.2 Å². The number of thiophene rings is 1. The van der Waals surface area contributed by atoms with Crippen molar-refractivity contribution in [1.82, 2.24) is 5.32 Å². The Bertz CT molecular complexity index is 269. The lowest BCUT2D eigenvalue weighted by Gasteiger charge is -2.11. The van der Waals surface area contributed by atoms with Crippen LogP contribution in [0.15, 0.2) is 29.7 Å². The van der Waals surface area contributed by atoms with Gasteiger partial charge >= 0.3 is 0 Å². The summed E-state index contributed by atoms with van der Waals surface area (Å²) in [5.74, 6) is 0. The van der Waals surface area contributed by atoms with E-state index in [2.05, 4.69) is 29.8 Å². The quantitative estimate of drug-likeness (QED) is 0.569. The summed E-state index contributed by atoms with van der Waals surface area (Å²) < 4.78 is 5.40. The topological polar surface area (TPSA) is 21.3 Å². The second kappa shape index (κ2) is 7.63. The van der Waals surface area contributed by atoms with Gasteiger partial charge in [-0.2, -0.15) is 0 Å². The normalized spacial score (nSPS) is 13.5. The third-order valence-electron chi connectivity index (χ3n) is 2.12. The lowest BCUT2D eigenvalue weighted by molar-refractivity contribution is 0.161. The predicted octanol–water partition coefficient (Wildman–Crippen LogP) is 2.99. The van der Waals surface area contributed by atoms with Crippen molar-refractivity contribution >= 4 is 11.3 Å². The van der Waals surface area contributed by atoms with E-state index in [4.69, 9.17) is 4.74 Å². The van der Waals surface area contributed by atoms with Gasteiger partial charge in [0.15, 0.2) is 0 Å². The number of rotatable bonds is 7. The Hall–Kier alpha value is -0.640. The van der Waals surface area contributed by atoms with Crippen molar-refractivity contribution in [3.05, 3.63) is 34.5 Å². The maximum Gasteiger partial charge on any atom is 0.0647 e. The van der Waals surface area contributed by atoms with Crippen molar-refractivity contribution in [2.45, 2.75) is 19.9 Å². The van der Waals surface area contributed by atoms with Crippen LogP contribution in [0.5, 0.6) is 0 Å². The van der Waals surface area contributed by atoms with Gasteiger partial charge in [0.2, 0.25) is 0 Å². The highest BCUT2D eigenvalue weighted by Gasteiger charge is 2.03. The van der Waals surface area contributed by atoms with E-state index >= 15 is 0 Å². The molecule has 0 saturated carbocycles. The molecule has 1 rings (SSSR count). The molecule has 15 heavy (non-hydrogen) atoms. The average Bonchev–Trinajstić information content (AvgIpc) is 2.76. The third kappa shape index (κ3) is 5.11. The van der Waals surface area contributed by atoms with Crippen LogP contribution in [-0.4, -0.2) is 19.8 Å². The minimum absolute atomic E-state index is 0.426. The van der Waals surface area contributed by atoms with Gasteiger partial charge in [-0.05, 0) is 25.3 Å². The summed E-state index contributed by atoms with van der Waals surface area (Å²) in [6.45, 7) is 6.56. The van der Waals surface area contributed by atoms with E-state index in [9.17, 15) is 0 Å². The summed E-state index contributed by atoms with van der Waals surface area (Å²) in [7, 11) is 0. The molecule has 1 aromatic rings. The highest BCUT2D eigenvalue weighted by atomic mass is 32.1. The first-order chi connectivity index (χ1) is 7.34. The zero-order valence-corrected chi connectivity index (χ0v) is 10.2. The standard InChI is InChI=1S/C12H19NOS/c1-3-4-8-14-9-7-13-11(2)12-6-5-10-15-12/h3-6,10-11,13H,7-9H2,1-2H3. The van der Waals surface area contributed by atoms with E-state index in [0.29, 0.717) is 12.6 Å². The molecule has 0 aromatic carbocycles. The zero-order valence-electron chi connectivity index (χ0n) is 9.40. The molecule has 0 aliphatic carbocycles. The van der Waals surface area contributed by atoms with Crippen LogP contribution in [-0.2, 0) is 4.74 Å². The summed E-state index contributed by atoms with van der Waals surface area (Å²) in [6.07, 6.45) is 4.02. The minimum atomic E-state index is 0.426. The van der Waals surface area contributed by atoms with Crippen molar-refractivity contribution < 1.29 is 4.74 Å². The van der Waals surface area contributed by atoms with Gasteiger partial charge in [-0.1, -0.05) is 18.2 Å². The molecule has 0 aliphatic heterocycles. The molecule has 0 spiro atoms. The molecule has 0 amide bonds. The smallest absolute Gasteiger partial charge is 0.0647 e. The maximum atomic E-state index is 5.40. The summed E-state index contributed by atoms with van der Waals surface area (Å²) in [5, 5.41) is 5.53. The van der Waals surface area contributed by atoms with Crippen molar-refractivity contribution in [2.75, 3.05) is 19.8 Å². The lowest BCUT2D eigenvalue weighted by Crippen LogP contribution is -2.22. The van der Waals surface area contributed by atoms with Crippen molar-refractivity contribution in [3.8, 4) is 0 Å². The summed E-state index contributed by atoms with van der Waals surface area (Å²) in [6, 6.07) is 4.67. The SMILES string of the molecule is CC=CCOCCNC(C)c1cccs1. The van der Waals surface area contributed by atoms with Crippen LogP contribution < -0.4 is 5.32 Å². The van der Waals surface area contributed by atoms with Crippen LogP contribution in [0, 0.1) is 0 Å². The summed E-state index contributed by atoms with van der Waals surface area (Å²) in [4.78, 5) is 1.38. The largest absolute Gasteiger partial charge is 0.376 e. The second-order valence-electron chi connectivity index (χ2n) is 3.34. The van der Waals surface area contributed by atoms with E-state index in [1.165, 1.54) is 4.88 Å². The van der Waals surface area contributed by atoms with E-state index in [1.807, 2.05) is 19.1 Å². The van der Waals surface area contributed by atoms with E-state index in [1.54, 1.807) is 11.3 Å². The van der Waals surface area contributed by atoms with Gasteiger partial charge in [-0.15, -0.1) is 11.3 Å². The molecule has 0 saturated heterocycles. The molecule has 1 aromatic heterocycles. The molecular formula is C12H19NOS. The monoisotopic (exact) mass is 225 g/mol. The molecule has 0 radical (unpaired) electrons. The third-order valence-corrected chi connectivity index (χ3v) is 3.17. The molecule has 3 heteroatoms. The van der Waals surface area contributed by atoms with Crippen LogP contribution in [0.2, 0.25) is 0 Å². The Balaban J connectivity index is 2.05. The van der Waals surface area contributed by atoms with E-state index < -0.39 is 0 Å². The van der Waals surface area contributed by atoms with Crippen LogP contribution in [0.3, 0.4) is 0 Å². The Kier molecular flexibility index (Phi) is 6.32. The second-order valence-corrected chi connectivity index (χ2v) is 4.31. The molecule has 0 bridgehead atoms. The van der Waals surface area contributed by atoms with Crippen LogP contribution in [0.4, 0.5) is 0 Å². The van der Waals surface area contributed by atoms with Gasteiger partial charge in [-0.25, -0.2) is 0 Å². The Labute approximate surface area is 96.0 Å². The number of nitrogens with one attached hydrogen (secondary N) is 1. The fraction of sp³-hybridized carbons (Fsp3) is 0.500. The first kappa shape index (κ1) is 12.4. The van der Waals surface area contributed by atoms with Gasteiger partial charge in [-0.3, -0.25) is 0 Å². The Morgan fingerprint density at radius 3 is 3.13 bits per heavy atom. The van der Waals surface area contributed by atoms with Gasteiger partial charge < -0.3 is 10.1 Å². The van der Waals surface area contributed by atoms with Crippen LogP contribution in [0.1, 0.15) is 24.8 Å². The molecule has 0 aliphatic rings. The first-order valence-electron chi connectivity index (χ1n) is 5.30. The van der Waals surface area contributed by atoms with Crippen molar-refractivity contribution in [2.24, 2.45) is 0 Å². The predicted molar refractivity (Wildman–Crippen MR) is 66.4 cm³/mol. The van der Waals surface area contributed by atoms with Crippen molar-refractivity contribution in [3.63, 3.8) is 0 Å². The highest BCUT2D eigenvalue weighted by Crippen LogP contribution is 2.17. The molecule has 1 atom stereocenters. The fourth-order valence-electron chi connectivity index (χ4n) is 1.23. The molecule has 1 unspecified atom stereocenters. The lowest BCUT2D eigenvalue weighted by atomic mass is 10.3. The molecule has 1 heterocycles. The number of hydrogen-bond acceptors (Lipinski definition) is 3. The fourth-order valence-corrected chi connectivity index (χ4v) is 1.99. The maximum absolute atomic E-state index is 5.40. The Morgan fingerprint density at radius 2 is 2.47 bits per heavy atom.